The average Bonchev–Trinajstić information content (AvgIpc) is 2.43. The fourth-order valence-corrected chi connectivity index (χ4v) is 1.90. The lowest BCUT2D eigenvalue weighted by molar-refractivity contribution is -0.123. The van der Waals surface area contributed by atoms with Gasteiger partial charge < -0.3 is 16.2 Å². The summed E-state index contributed by atoms with van der Waals surface area (Å²) in [7, 11) is 0. The van der Waals surface area contributed by atoms with E-state index in [1.54, 1.807) is 0 Å². The molecule has 4 nitrogen and oxygen atoms in total. The molecule has 1 rings (SSSR count). The number of carbonyl (C=O) groups excluding carboxylic acids is 1. The Labute approximate surface area is 115 Å². The van der Waals surface area contributed by atoms with Crippen LogP contribution < -0.4 is 11.1 Å². The van der Waals surface area contributed by atoms with Gasteiger partial charge >= 0.3 is 0 Å². The van der Waals surface area contributed by atoms with Crippen LogP contribution in [0.3, 0.4) is 0 Å². The van der Waals surface area contributed by atoms with Crippen LogP contribution in [-0.4, -0.2) is 23.6 Å². The van der Waals surface area contributed by atoms with Crippen molar-refractivity contribution in [1.29, 1.82) is 0 Å². The molecule has 0 heterocycles. The van der Waals surface area contributed by atoms with Gasteiger partial charge in [-0.05, 0) is 24.0 Å². The van der Waals surface area contributed by atoms with E-state index < -0.39 is 12.1 Å². The van der Waals surface area contributed by atoms with Gasteiger partial charge in [0.1, 0.15) is 0 Å². The second-order valence-corrected chi connectivity index (χ2v) is 5.03. The van der Waals surface area contributed by atoms with Crippen LogP contribution in [-0.2, 0) is 4.79 Å². The standard InChI is InChI=1S/C15H24N2O2/c1-4-10(2)14(16)15(19)17-9-13(18)12-8-6-5-7-11(12)3/h5-8,10,13-14,18H,4,9,16H2,1-3H3,(H,17,19). The number of nitrogens with one attached hydrogen (secondary N) is 1. The van der Waals surface area contributed by atoms with Crippen molar-refractivity contribution in [2.75, 3.05) is 6.54 Å². The van der Waals surface area contributed by atoms with Crippen LogP contribution in [0.1, 0.15) is 37.5 Å². The molecule has 0 fully saturated rings. The average molecular weight is 264 g/mol. The van der Waals surface area contributed by atoms with E-state index in [1.165, 1.54) is 0 Å². The molecule has 0 bridgehead atoms. The minimum Gasteiger partial charge on any atom is -0.387 e. The molecule has 106 valence electrons. The van der Waals surface area contributed by atoms with Crippen LogP contribution in [0, 0.1) is 12.8 Å². The molecule has 0 aliphatic heterocycles. The Hall–Kier alpha value is -1.39. The lowest BCUT2D eigenvalue weighted by atomic mass is 9.99. The molecule has 0 aromatic heterocycles. The number of benzene rings is 1. The summed E-state index contributed by atoms with van der Waals surface area (Å²) in [5, 5.41) is 12.8. The van der Waals surface area contributed by atoms with E-state index in [1.807, 2.05) is 45.0 Å². The van der Waals surface area contributed by atoms with Gasteiger partial charge in [-0.15, -0.1) is 0 Å². The summed E-state index contributed by atoms with van der Waals surface area (Å²) in [6.45, 7) is 6.07. The number of carbonyl (C=O) groups is 1. The van der Waals surface area contributed by atoms with Gasteiger partial charge in [-0.2, -0.15) is 0 Å². The van der Waals surface area contributed by atoms with Gasteiger partial charge in [-0.25, -0.2) is 0 Å². The number of rotatable bonds is 6. The van der Waals surface area contributed by atoms with Gasteiger partial charge in [0.05, 0.1) is 12.1 Å². The van der Waals surface area contributed by atoms with E-state index in [-0.39, 0.29) is 18.4 Å². The van der Waals surface area contributed by atoms with E-state index in [0.717, 1.165) is 17.5 Å². The summed E-state index contributed by atoms with van der Waals surface area (Å²) >= 11 is 0. The SMILES string of the molecule is CCC(C)C(N)C(=O)NCC(O)c1ccccc1C. The highest BCUT2D eigenvalue weighted by atomic mass is 16.3. The fourth-order valence-electron chi connectivity index (χ4n) is 1.90. The third-order valence-electron chi connectivity index (χ3n) is 3.58. The number of hydrogen-bond acceptors (Lipinski definition) is 3. The third-order valence-corrected chi connectivity index (χ3v) is 3.58. The fraction of sp³-hybridized carbons (Fsp3) is 0.533. The molecule has 1 amide bonds. The highest BCUT2D eigenvalue weighted by Gasteiger charge is 2.20. The molecule has 0 aliphatic rings. The quantitative estimate of drug-likeness (QED) is 0.729. The molecule has 3 unspecified atom stereocenters. The normalized spacial score (nSPS) is 15.6. The van der Waals surface area contributed by atoms with Crippen molar-refractivity contribution in [3.8, 4) is 0 Å². The van der Waals surface area contributed by atoms with Gasteiger partial charge in [0, 0.05) is 6.54 Å². The maximum absolute atomic E-state index is 11.8. The number of nitrogens with two attached hydrogens (primary N) is 1. The molecule has 4 heteroatoms. The smallest absolute Gasteiger partial charge is 0.237 e. The lowest BCUT2D eigenvalue weighted by Gasteiger charge is -2.20. The highest BCUT2D eigenvalue weighted by molar-refractivity contribution is 5.81. The predicted octanol–water partition coefficient (Wildman–Crippen LogP) is 1.52. The lowest BCUT2D eigenvalue weighted by Crippen LogP contribution is -2.45. The summed E-state index contributed by atoms with van der Waals surface area (Å²) < 4.78 is 0. The van der Waals surface area contributed by atoms with Crippen molar-refractivity contribution in [2.24, 2.45) is 11.7 Å². The Morgan fingerprint density at radius 2 is 2.05 bits per heavy atom. The number of hydrogen-bond donors (Lipinski definition) is 3. The highest BCUT2D eigenvalue weighted by Crippen LogP contribution is 2.16. The molecule has 0 saturated heterocycles. The Morgan fingerprint density at radius 1 is 1.42 bits per heavy atom. The molecule has 3 atom stereocenters. The van der Waals surface area contributed by atoms with Gasteiger partial charge in [-0.1, -0.05) is 44.5 Å². The minimum atomic E-state index is -0.700. The van der Waals surface area contributed by atoms with Gasteiger partial charge in [0.25, 0.3) is 0 Å². The van der Waals surface area contributed by atoms with E-state index in [9.17, 15) is 9.90 Å². The molecule has 1 aromatic rings. The van der Waals surface area contributed by atoms with Crippen LogP contribution in [0.15, 0.2) is 24.3 Å². The van der Waals surface area contributed by atoms with Gasteiger partial charge in [-0.3, -0.25) is 4.79 Å². The minimum absolute atomic E-state index is 0.135. The second kappa shape index (κ2) is 7.26. The van der Waals surface area contributed by atoms with Crippen molar-refractivity contribution >= 4 is 5.91 Å². The zero-order chi connectivity index (χ0) is 14.4. The van der Waals surface area contributed by atoms with Crippen molar-refractivity contribution < 1.29 is 9.90 Å². The maximum Gasteiger partial charge on any atom is 0.237 e. The zero-order valence-corrected chi connectivity index (χ0v) is 11.9. The monoisotopic (exact) mass is 264 g/mol. The Balaban J connectivity index is 2.53. The molecule has 4 N–H and O–H groups in total. The number of aliphatic hydroxyl groups is 1. The van der Waals surface area contributed by atoms with Gasteiger partial charge in [0.2, 0.25) is 5.91 Å². The van der Waals surface area contributed by atoms with Crippen molar-refractivity contribution in [1.82, 2.24) is 5.32 Å². The van der Waals surface area contributed by atoms with Crippen molar-refractivity contribution in [3.05, 3.63) is 35.4 Å². The Kier molecular flexibility index (Phi) is 5.99. The van der Waals surface area contributed by atoms with Crippen LogP contribution in [0.4, 0.5) is 0 Å². The Bertz CT molecular complexity index is 420. The molecular formula is C15H24N2O2. The summed E-state index contributed by atoms with van der Waals surface area (Å²) in [5.74, 6) is -0.0717. The maximum atomic E-state index is 11.8. The summed E-state index contributed by atoms with van der Waals surface area (Å²) in [6.07, 6.45) is 0.156. The molecule has 0 aliphatic carbocycles. The first-order valence-electron chi connectivity index (χ1n) is 6.74. The van der Waals surface area contributed by atoms with Crippen LogP contribution in [0.5, 0.6) is 0 Å². The first-order chi connectivity index (χ1) is 8.97. The van der Waals surface area contributed by atoms with Crippen LogP contribution in [0.25, 0.3) is 0 Å². The summed E-state index contributed by atoms with van der Waals surface area (Å²) in [4.78, 5) is 11.8. The predicted molar refractivity (Wildman–Crippen MR) is 76.6 cm³/mol. The third kappa shape index (κ3) is 4.33. The second-order valence-electron chi connectivity index (χ2n) is 5.03. The topological polar surface area (TPSA) is 75.4 Å². The van der Waals surface area contributed by atoms with Crippen LogP contribution in [0.2, 0.25) is 0 Å². The van der Waals surface area contributed by atoms with Crippen molar-refractivity contribution in [3.63, 3.8) is 0 Å². The molecular weight excluding hydrogens is 240 g/mol. The molecule has 19 heavy (non-hydrogen) atoms. The number of aryl methyl sites for hydroxylation is 1. The Morgan fingerprint density at radius 3 is 2.63 bits per heavy atom. The van der Waals surface area contributed by atoms with E-state index >= 15 is 0 Å². The van der Waals surface area contributed by atoms with Gasteiger partial charge in [0.15, 0.2) is 0 Å². The van der Waals surface area contributed by atoms with E-state index in [0.29, 0.717) is 0 Å². The first kappa shape index (κ1) is 15.7. The zero-order valence-electron chi connectivity index (χ0n) is 11.9. The van der Waals surface area contributed by atoms with E-state index in [2.05, 4.69) is 5.32 Å². The molecule has 0 spiro atoms. The molecule has 0 saturated carbocycles. The largest absolute Gasteiger partial charge is 0.387 e. The van der Waals surface area contributed by atoms with Crippen LogP contribution >= 0.6 is 0 Å². The number of amides is 1. The summed E-state index contributed by atoms with van der Waals surface area (Å²) in [6, 6.07) is 7.07. The number of aliphatic hydroxyl groups excluding tert-OH is 1. The molecule has 1 aromatic carbocycles. The summed E-state index contributed by atoms with van der Waals surface area (Å²) in [5.41, 5.74) is 7.68. The molecule has 0 radical (unpaired) electrons. The first-order valence-corrected chi connectivity index (χ1v) is 6.74. The van der Waals surface area contributed by atoms with E-state index in [4.69, 9.17) is 5.73 Å². The van der Waals surface area contributed by atoms with Crippen molar-refractivity contribution in [2.45, 2.75) is 39.3 Å².